The van der Waals surface area contributed by atoms with E-state index in [0.29, 0.717) is 61.2 Å². The largest absolute Gasteiger partial charge is 0.507 e. The van der Waals surface area contributed by atoms with Crippen LogP contribution < -0.4 is 14.2 Å². The Kier molecular flexibility index (Phi) is 9.36. The number of aliphatic hydroxyl groups is 1. The number of nitrogens with zero attached hydrogens (tertiary/aromatic N) is 1. The summed E-state index contributed by atoms with van der Waals surface area (Å²) in [5, 5.41) is 11.4. The molecule has 1 unspecified atom stereocenters. The van der Waals surface area contributed by atoms with E-state index in [1.165, 1.54) is 4.90 Å². The number of likely N-dealkylation sites (tertiary alicyclic amines) is 1. The van der Waals surface area contributed by atoms with Crippen LogP contribution in [-0.2, 0) is 14.3 Å². The molecule has 0 saturated carbocycles. The minimum atomic E-state index is -0.768. The number of methoxy groups -OCH3 is 1. The van der Waals surface area contributed by atoms with Gasteiger partial charge in [0.15, 0.2) is 0 Å². The summed E-state index contributed by atoms with van der Waals surface area (Å²) in [6, 6.07) is 11.5. The van der Waals surface area contributed by atoms with Gasteiger partial charge in [-0.05, 0) is 63.9 Å². The molecule has 1 aliphatic rings. The molecule has 0 aliphatic carbocycles. The van der Waals surface area contributed by atoms with Gasteiger partial charge in [-0.3, -0.25) is 9.59 Å². The fraction of sp³-hybridized carbons (Fsp3) is 0.429. The Morgan fingerprint density at radius 3 is 2.28 bits per heavy atom. The van der Waals surface area contributed by atoms with Crippen molar-refractivity contribution >= 4 is 17.4 Å². The third kappa shape index (κ3) is 5.99. The van der Waals surface area contributed by atoms with Gasteiger partial charge in [0.05, 0.1) is 36.5 Å². The maximum Gasteiger partial charge on any atom is 0.295 e. The third-order valence-electron chi connectivity index (χ3n) is 5.67. The monoisotopic (exact) mass is 497 g/mol. The zero-order valence-corrected chi connectivity index (χ0v) is 21.6. The van der Waals surface area contributed by atoms with E-state index in [0.717, 1.165) is 0 Å². The van der Waals surface area contributed by atoms with E-state index in [9.17, 15) is 14.7 Å². The van der Waals surface area contributed by atoms with Gasteiger partial charge in [-0.25, -0.2) is 0 Å². The molecule has 1 heterocycles. The Morgan fingerprint density at radius 1 is 1.00 bits per heavy atom. The molecular weight excluding hydrogens is 462 g/mol. The number of benzene rings is 2. The number of carbonyl (C=O) groups is 2. The second-order valence-corrected chi connectivity index (χ2v) is 8.60. The predicted octanol–water partition coefficient (Wildman–Crippen LogP) is 4.73. The molecule has 1 saturated heterocycles. The normalized spacial score (nSPS) is 17.1. The van der Waals surface area contributed by atoms with Crippen LogP contribution in [-0.4, -0.2) is 61.3 Å². The average molecular weight is 498 g/mol. The van der Waals surface area contributed by atoms with Crippen molar-refractivity contribution in [3.8, 4) is 17.2 Å². The molecule has 0 bridgehead atoms. The van der Waals surface area contributed by atoms with E-state index in [1.807, 2.05) is 39.8 Å². The first-order valence-electron chi connectivity index (χ1n) is 12.3. The number of amides is 1. The molecule has 1 fully saturated rings. The topological polar surface area (TPSA) is 94.5 Å². The Bertz CT molecular complexity index is 1090. The molecule has 0 spiro atoms. The molecule has 2 aromatic rings. The van der Waals surface area contributed by atoms with E-state index in [2.05, 4.69) is 0 Å². The molecule has 1 amide bonds. The lowest BCUT2D eigenvalue weighted by molar-refractivity contribution is -0.140. The summed E-state index contributed by atoms with van der Waals surface area (Å²) in [5.41, 5.74) is 1.02. The molecule has 8 heteroatoms. The highest BCUT2D eigenvalue weighted by atomic mass is 16.5. The lowest BCUT2D eigenvalue weighted by Crippen LogP contribution is -2.31. The van der Waals surface area contributed by atoms with Gasteiger partial charge < -0.3 is 29.0 Å². The molecule has 0 aromatic heterocycles. The maximum atomic E-state index is 13.3. The molecule has 194 valence electrons. The average Bonchev–Trinajstić information content (AvgIpc) is 3.09. The van der Waals surface area contributed by atoms with Gasteiger partial charge in [-0.15, -0.1) is 0 Å². The summed E-state index contributed by atoms with van der Waals surface area (Å²) in [5.74, 6) is -0.0737. The summed E-state index contributed by atoms with van der Waals surface area (Å²) in [7, 11) is 1.58. The number of hydrogen-bond donors (Lipinski definition) is 1. The molecule has 8 nitrogen and oxygen atoms in total. The highest BCUT2D eigenvalue weighted by molar-refractivity contribution is 6.46. The fourth-order valence-electron chi connectivity index (χ4n) is 4.21. The summed E-state index contributed by atoms with van der Waals surface area (Å²) < 4.78 is 22.2. The first kappa shape index (κ1) is 27.1. The smallest absolute Gasteiger partial charge is 0.295 e. The Labute approximate surface area is 212 Å². The molecule has 1 N–H and O–H groups in total. The zero-order chi connectivity index (χ0) is 26.2. The Morgan fingerprint density at radius 2 is 1.67 bits per heavy atom. The first-order chi connectivity index (χ1) is 17.3. The van der Waals surface area contributed by atoms with E-state index >= 15 is 0 Å². The second-order valence-electron chi connectivity index (χ2n) is 8.60. The van der Waals surface area contributed by atoms with Crippen LogP contribution in [0, 0.1) is 0 Å². The molecule has 3 rings (SSSR count). The predicted molar refractivity (Wildman–Crippen MR) is 136 cm³/mol. The number of Topliss-reactive ketones (excluding diaryl/α,β-unsaturated/α-hetero) is 1. The van der Waals surface area contributed by atoms with Crippen LogP contribution in [0.4, 0.5) is 0 Å². The molecule has 1 atom stereocenters. The summed E-state index contributed by atoms with van der Waals surface area (Å²) in [6.45, 7) is 9.12. The van der Waals surface area contributed by atoms with Crippen LogP contribution in [0.1, 0.15) is 51.3 Å². The van der Waals surface area contributed by atoms with Crippen molar-refractivity contribution in [1.82, 2.24) is 4.90 Å². The summed E-state index contributed by atoms with van der Waals surface area (Å²) in [6.07, 6.45) is 0.550. The number of rotatable bonds is 12. The first-order valence-corrected chi connectivity index (χ1v) is 12.3. The van der Waals surface area contributed by atoms with Gasteiger partial charge in [0, 0.05) is 26.3 Å². The van der Waals surface area contributed by atoms with Crippen LogP contribution in [0.5, 0.6) is 17.2 Å². The standard InChI is InChI=1S/C28H35NO7/c1-6-34-21-13-14-22(23(17-21)35-7-2)26(30)24-25(19-9-11-20(12-10-19)36-18(3)4)29(15-8-16-33-5)28(32)27(24)31/h9-14,17-18,25,30H,6-8,15-16H2,1-5H3/b26-24-. The van der Waals surface area contributed by atoms with Crippen molar-refractivity contribution in [1.29, 1.82) is 0 Å². The van der Waals surface area contributed by atoms with Gasteiger partial charge in [-0.2, -0.15) is 0 Å². The van der Waals surface area contributed by atoms with Crippen LogP contribution in [0.2, 0.25) is 0 Å². The Hall–Kier alpha value is -3.52. The van der Waals surface area contributed by atoms with Crippen molar-refractivity contribution in [2.75, 3.05) is 33.5 Å². The van der Waals surface area contributed by atoms with Gasteiger partial charge in [0.2, 0.25) is 0 Å². The number of ketones is 1. The van der Waals surface area contributed by atoms with Crippen molar-refractivity contribution in [2.45, 2.75) is 46.3 Å². The van der Waals surface area contributed by atoms with Gasteiger partial charge in [-0.1, -0.05) is 12.1 Å². The fourth-order valence-corrected chi connectivity index (χ4v) is 4.21. The van der Waals surface area contributed by atoms with E-state index in [-0.39, 0.29) is 17.4 Å². The lowest BCUT2D eigenvalue weighted by atomic mass is 9.94. The Balaban J connectivity index is 2.13. The summed E-state index contributed by atoms with van der Waals surface area (Å²) >= 11 is 0. The minimum absolute atomic E-state index is 0.00664. The lowest BCUT2D eigenvalue weighted by Gasteiger charge is -2.25. The van der Waals surface area contributed by atoms with Crippen molar-refractivity contribution in [3.63, 3.8) is 0 Å². The van der Waals surface area contributed by atoms with Gasteiger partial charge in [0.1, 0.15) is 23.0 Å². The van der Waals surface area contributed by atoms with Crippen LogP contribution in [0.25, 0.3) is 5.76 Å². The van der Waals surface area contributed by atoms with E-state index in [1.54, 1.807) is 37.4 Å². The molecular formula is C28H35NO7. The molecule has 2 aromatic carbocycles. The van der Waals surface area contributed by atoms with Gasteiger partial charge >= 0.3 is 0 Å². The van der Waals surface area contributed by atoms with Crippen LogP contribution in [0.15, 0.2) is 48.0 Å². The zero-order valence-electron chi connectivity index (χ0n) is 21.6. The van der Waals surface area contributed by atoms with Gasteiger partial charge in [0.25, 0.3) is 11.7 Å². The minimum Gasteiger partial charge on any atom is -0.507 e. The number of aliphatic hydroxyl groups excluding tert-OH is 1. The maximum absolute atomic E-state index is 13.3. The third-order valence-corrected chi connectivity index (χ3v) is 5.67. The molecule has 0 radical (unpaired) electrons. The SMILES string of the molecule is CCOc1ccc(/C(O)=C2/C(=O)C(=O)N(CCCOC)C2c2ccc(OC(C)C)cc2)c(OCC)c1. The van der Waals surface area contributed by atoms with E-state index < -0.39 is 17.7 Å². The van der Waals surface area contributed by atoms with Crippen LogP contribution >= 0.6 is 0 Å². The number of ether oxygens (including phenoxy) is 4. The second kappa shape index (κ2) is 12.4. The highest BCUT2D eigenvalue weighted by Crippen LogP contribution is 2.42. The summed E-state index contributed by atoms with van der Waals surface area (Å²) in [4.78, 5) is 27.9. The van der Waals surface area contributed by atoms with Crippen LogP contribution in [0.3, 0.4) is 0 Å². The number of carbonyl (C=O) groups excluding carboxylic acids is 2. The quantitative estimate of drug-likeness (QED) is 0.196. The molecule has 36 heavy (non-hydrogen) atoms. The van der Waals surface area contributed by atoms with E-state index in [4.69, 9.17) is 18.9 Å². The molecule has 1 aliphatic heterocycles. The van der Waals surface area contributed by atoms with Crippen molar-refractivity contribution in [3.05, 3.63) is 59.2 Å². The number of hydrogen-bond acceptors (Lipinski definition) is 7. The van der Waals surface area contributed by atoms with Crippen molar-refractivity contribution < 1.29 is 33.6 Å². The highest BCUT2D eigenvalue weighted by Gasteiger charge is 2.46. The van der Waals surface area contributed by atoms with Crippen molar-refractivity contribution in [2.24, 2.45) is 0 Å².